The van der Waals surface area contributed by atoms with Gasteiger partial charge in [0.2, 0.25) is 0 Å². The molecule has 7 nitrogen and oxygen atoms in total. The molecular formula is C22H16Cl2F3N7. The maximum Gasteiger partial charge on any atom is 0.435 e. The van der Waals surface area contributed by atoms with Crippen LogP contribution in [0.3, 0.4) is 0 Å². The molecule has 0 saturated heterocycles. The van der Waals surface area contributed by atoms with Gasteiger partial charge in [0.15, 0.2) is 17.3 Å². The molecule has 0 amide bonds. The number of nitrogens with one attached hydrogen (secondary N) is 1. The molecule has 4 heterocycles. The van der Waals surface area contributed by atoms with Crippen LogP contribution in [-0.4, -0.2) is 29.5 Å². The van der Waals surface area contributed by atoms with Gasteiger partial charge in [-0.25, -0.2) is 14.6 Å². The largest absolute Gasteiger partial charge is 0.435 e. The maximum absolute atomic E-state index is 13.5. The summed E-state index contributed by atoms with van der Waals surface area (Å²) in [5.74, 6) is 1.10. The fourth-order valence-corrected chi connectivity index (χ4v) is 4.24. The highest BCUT2D eigenvalue weighted by atomic mass is 35.5. The van der Waals surface area contributed by atoms with Gasteiger partial charge in [-0.05, 0) is 43.7 Å². The van der Waals surface area contributed by atoms with Gasteiger partial charge in [0.05, 0.1) is 10.0 Å². The number of benzene rings is 1. The predicted molar refractivity (Wildman–Crippen MR) is 122 cm³/mol. The van der Waals surface area contributed by atoms with Crippen molar-refractivity contribution >= 4 is 34.6 Å². The van der Waals surface area contributed by atoms with Gasteiger partial charge in [0.25, 0.3) is 0 Å². The second-order valence-corrected chi connectivity index (χ2v) is 8.54. The molecule has 1 aromatic carbocycles. The van der Waals surface area contributed by atoms with Gasteiger partial charge in [-0.15, -0.1) is 0 Å². The highest BCUT2D eigenvalue weighted by Gasteiger charge is 2.39. The van der Waals surface area contributed by atoms with E-state index in [1.807, 2.05) is 19.1 Å². The third kappa shape index (κ3) is 3.82. The molecule has 0 unspecified atom stereocenters. The lowest BCUT2D eigenvalue weighted by molar-refractivity contribution is -0.141. The molecule has 0 spiro atoms. The molecule has 12 heteroatoms. The van der Waals surface area contributed by atoms with E-state index >= 15 is 0 Å². The van der Waals surface area contributed by atoms with E-state index in [0.29, 0.717) is 33.5 Å². The summed E-state index contributed by atoms with van der Waals surface area (Å²) in [6, 6.07) is 10.5. The van der Waals surface area contributed by atoms with Crippen LogP contribution in [0, 0.1) is 6.92 Å². The number of allylic oxidation sites excluding steroid dienone is 2. The minimum absolute atomic E-state index is 0.185. The van der Waals surface area contributed by atoms with Crippen molar-refractivity contribution in [2.45, 2.75) is 26.1 Å². The van der Waals surface area contributed by atoms with Crippen LogP contribution in [0.25, 0.3) is 11.4 Å². The number of halogens is 5. The number of fused-ring (bicyclic) bond motifs is 1. The van der Waals surface area contributed by atoms with Crippen molar-refractivity contribution in [3.05, 3.63) is 87.3 Å². The van der Waals surface area contributed by atoms with Crippen LogP contribution in [-0.2, 0) is 6.18 Å². The van der Waals surface area contributed by atoms with Crippen LogP contribution in [0.2, 0.25) is 10.0 Å². The molecule has 0 fully saturated rings. The topological polar surface area (TPSA) is 73.5 Å². The average Bonchev–Trinajstić information content (AvgIpc) is 3.41. The van der Waals surface area contributed by atoms with Crippen molar-refractivity contribution in [3.8, 4) is 5.82 Å². The van der Waals surface area contributed by atoms with E-state index in [1.54, 1.807) is 31.2 Å². The fourth-order valence-electron chi connectivity index (χ4n) is 3.93. The normalized spacial score (nSPS) is 15.9. The quantitative estimate of drug-likeness (QED) is 0.373. The maximum atomic E-state index is 13.5. The molecule has 1 atom stereocenters. The number of aromatic nitrogens is 6. The minimum atomic E-state index is -4.62. The summed E-state index contributed by atoms with van der Waals surface area (Å²) < 4.78 is 43.4. The second-order valence-electron chi connectivity index (χ2n) is 7.73. The molecule has 1 aliphatic heterocycles. The lowest BCUT2D eigenvalue weighted by atomic mass is 9.95. The number of nitrogens with zero attached hydrogens (tertiary/aromatic N) is 6. The molecule has 0 radical (unpaired) electrons. The number of alkyl halides is 3. The first-order chi connectivity index (χ1) is 16.1. The molecule has 0 bridgehead atoms. The summed E-state index contributed by atoms with van der Waals surface area (Å²) in [6.45, 7) is 3.60. The molecule has 1 N–H and O–H groups in total. The third-order valence-corrected chi connectivity index (χ3v) is 6.14. The fraction of sp³-hybridized carbons (Fsp3) is 0.182. The van der Waals surface area contributed by atoms with E-state index in [4.69, 9.17) is 23.2 Å². The van der Waals surface area contributed by atoms with Gasteiger partial charge in [0.1, 0.15) is 18.2 Å². The zero-order valence-corrected chi connectivity index (χ0v) is 19.3. The Hall–Kier alpha value is -3.37. The Bertz CT molecular complexity index is 1440. The zero-order chi connectivity index (χ0) is 24.2. The number of rotatable bonds is 3. The van der Waals surface area contributed by atoms with E-state index in [0.717, 1.165) is 11.8 Å². The van der Waals surface area contributed by atoms with Gasteiger partial charge >= 0.3 is 6.18 Å². The SMILES string of the molecule is CC1=C(c2ncnn2-c2cccc(C)n2)[C@@H](c2ccc(Cl)c(Cl)c2)n2nc(C(F)(F)F)cc2N1. The summed E-state index contributed by atoms with van der Waals surface area (Å²) in [6.07, 6.45) is -3.25. The summed E-state index contributed by atoms with van der Waals surface area (Å²) in [5, 5.41) is 11.8. The summed E-state index contributed by atoms with van der Waals surface area (Å²) >= 11 is 12.4. The molecule has 5 rings (SSSR count). The lowest BCUT2D eigenvalue weighted by Gasteiger charge is -2.30. The Balaban J connectivity index is 1.74. The highest BCUT2D eigenvalue weighted by Crippen LogP contribution is 2.43. The summed E-state index contributed by atoms with van der Waals surface area (Å²) in [5.41, 5.74) is 1.48. The zero-order valence-electron chi connectivity index (χ0n) is 17.8. The van der Waals surface area contributed by atoms with Crippen LogP contribution < -0.4 is 5.32 Å². The van der Waals surface area contributed by atoms with E-state index in [-0.39, 0.29) is 10.8 Å². The minimum Gasteiger partial charge on any atom is -0.344 e. The Morgan fingerprint density at radius 3 is 2.53 bits per heavy atom. The third-order valence-electron chi connectivity index (χ3n) is 5.40. The molecule has 34 heavy (non-hydrogen) atoms. The van der Waals surface area contributed by atoms with Crippen molar-refractivity contribution < 1.29 is 13.2 Å². The highest BCUT2D eigenvalue weighted by molar-refractivity contribution is 6.42. The first-order valence-electron chi connectivity index (χ1n) is 10.1. The Morgan fingerprint density at radius 2 is 1.82 bits per heavy atom. The van der Waals surface area contributed by atoms with E-state index in [9.17, 15) is 13.2 Å². The van der Waals surface area contributed by atoms with Gasteiger partial charge in [-0.2, -0.15) is 28.1 Å². The van der Waals surface area contributed by atoms with Gasteiger partial charge in [-0.3, -0.25) is 0 Å². The van der Waals surface area contributed by atoms with E-state index in [2.05, 4.69) is 25.5 Å². The Morgan fingerprint density at radius 1 is 1.03 bits per heavy atom. The van der Waals surface area contributed by atoms with Crippen LogP contribution in [0.15, 0.2) is 54.5 Å². The molecule has 3 aromatic heterocycles. The van der Waals surface area contributed by atoms with Crippen molar-refractivity contribution in [2.75, 3.05) is 5.32 Å². The van der Waals surface area contributed by atoms with Crippen molar-refractivity contribution in [1.82, 2.24) is 29.5 Å². The smallest absolute Gasteiger partial charge is 0.344 e. The van der Waals surface area contributed by atoms with Crippen LogP contribution in [0.1, 0.15) is 35.7 Å². The number of pyridine rings is 1. The molecule has 174 valence electrons. The number of hydrogen-bond acceptors (Lipinski definition) is 5. The average molecular weight is 506 g/mol. The van der Waals surface area contributed by atoms with Gasteiger partial charge in [0, 0.05) is 23.0 Å². The van der Waals surface area contributed by atoms with Gasteiger partial charge < -0.3 is 5.32 Å². The van der Waals surface area contributed by atoms with Crippen molar-refractivity contribution in [1.29, 1.82) is 0 Å². The molecular weight excluding hydrogens is 490 g/mol. The number of aryl methyl sites for hydroxylation is 1. The van der Waals surface area contributed by atoms with Crippen LogP contribution >= 0.6 is 23.2 Å². The lowest BCUT2D eigenvalue weighted by Crippen LogP contribution is -2.25. The summed E-state index contributed by atoms with van der Waals surface area (Å²) in [7, 11) is 0. The number of hydrogen-bond donors (Lipinski definition) is 1. The molecule has 4 aromatic rings. The Labute approximate surface area is 201 Å². The Kier molecular flexibility index (Phi) is 5.37. The molecule has 0 aliphatic carbocycles. The predicted octanol–water partition coefficient (Wildman–Crippen LogP) is 5.94. The standard InChI is InChI=1S/C22H16Cl2F3N7/c1-11-4-3-5-17(30-11)34-21(28-10-29-34)19-12(2)31-18-9-16(22(25,26)27)32-33(18)20(19)13-6-7-14(23)15(24)8-13/h3-10,20,31H,1-2H3/t20-/m1/s1. The van der Waals surface area contributed by atoms with Crippen molar-refractivity contribution in [2.24, 2.45) is 0 Å². The second kappa shape index (κ2) is 8.14. The first-order valence-corrected chi connectivity index (χ1v) is 10.8. The van der Waals surface area contributed by atoms with E-state index in [1.165, 1.54) is 15.7 Å². The van der Waals surface area contributed by atoms with Crippen LogP contribution in [0.4, 0.5) is 19.0 Å². The van der Waals surface area contributed by atoms with Crippen LogP contribution in [0.5, 0.6) is 0 Å². The molecule has 0 saturated carbocycles. The van der Waals surface area contributed by atoms with Gasteiger partial charge in [-0.1, -0.05) is 35.3 Å². The van der Waals surface area contributed by atoms with E-state index < -0.39 is 17.9 Å². The first kappa shape index (κ1) is 22.4. The van der Waals surface area contributed by atoms with Crippen molar-refractivity contribution in [3.63, 3.8) is 0 Å². The number of anilines is 1. The monoisotopic (exact) mass is 505 g/mol. The summed E-state index contributed by atoms with van der Waals surface area (Å²) in [4.78, 5) is 8.94. The molecule has 1 aliphatic rings.